The van der Waals surface area contributed by atoms with E-state index in [1.165, 1.54) is 0 Å². The Morgan fingerprint density at radius 3 is 2.72 bits per heavy atom. The van der Waals surface area contributed by atoms with Crippen molar-refractivity contribution in [3.63, 3.8) is 0 Å². The Bertz CT molecular complexity index is 861. The molecule has 0 radical (unpaired) electrons. The number of amides is 1. The number of nitrogens with one attached hydrogen (secondary N) is 2. The van der Waals surface area contributed by atoms with Crippen LogP contribution in [0.15, 0.2) is 41.5 Å². The Labute approximate surface area is 177 Å². The van der Waals surface area contributed by atoms with Crippen LogP contribution in [0.5, 0.6) is 0 Å². The summed E-state index contributed by atoms with van der Waals surface area (Å²) in [6.07, 6.45) is 1.91. The first kappa shape index (κ1) is 21.0. The van der Waals surface area contributed by atoms with E-state index in [1.807, 2.05) is 30.9 Å². The second-order valence-corrected chi connectivity index (χ2v) is 7.66. The third kappa shape index (κ3) is 5.67. The molecule has 2 aromatic rings. The monoisotopic (exact) mass is 416 g/mol. The molecule has 1 amide bonds. The van der Waals surface area contributed by atoms with E-state index in [0.29, 0.717) is 26.2 Å². The molecule has 1 fully saturated rings. The van der Waals surface area contributed by atoms with E-state index >= 15 is 0 Å². The van der Waals surface area contributed by atoms with E-state index in [9.17, 15) is 4.79 Å². The molecule has 29 heavy (non-hydrogen) atoms. The molecule has 2 heterocycles. The first-order chi connectivity index (χ1) is 14.0. The molecule has 1 aliphatic heterocycles. The number of anilines is 1. The molecule has 3 rings (SSSR count). The first-order valence-electron chi connectivity index (χ1n) is 9.87. The van der Waals surface area contributed by atoms with Crippen molar-refractivity contribution in [3.8, 4) is 0 Å². The minimum atomic E-state index is 0.0720. The van der Waals surface area contributed by atoms with Gasteiger partial charge in [-0.05, 0) is 30.7 Å². The molecule has 1 aliphatic rings. The zero-order valence-corrected chi connectivity index (χ0v) is 18.0. The molecule has 1 saturated heterocycles. The van der Waals surface area contributed by atoms with Crippen molar-refractivity contribution in [2.75, 3.05) is 38.1 Å². The van der Waals surface area contributed by atoms with Gasteiger partial charge in [-0.1, -0.05) is 23.7 Å². The second-order valence-electron chi connectivity index (χ2n) is 7.22. The van der Waals surface area contributed by atoms with Crippen molar-refractivity contribution in [1.29, 1.82) is 0 Å². The summed E-state index contributed by atoms with van der Waals surface area (Å²) in [6, 6.07) is 10.2. The van der Waals surface area contributed by atoms with E-state index in [4.69, 9.17) is 16.6 Å². The quantitative estimate of drug-likeness (QED) is 0.559. The van der Waals surface area contributed by atoms with Crippen LogP contribution in [-0.2, 0) is 24.9 Å². The minimum absolute atomic E-state index is 0.0720. The minimum Gasteiger partial charge on any atom is -0.360 e. The molecule has 2 N–H and O–H groups in total. The number of halogens is 1. The summed E-state index contributed by atoms with van der Waals surface area (Å²) in [5.74, 6) is 0.921. The summed E-state index contributed by atoms with van der Waals surface area (Å²) >= 11 is 6.10. The molecule has 0 bridgehead atoms. The van der Waals surface area contributed by atoms with E-state index in [2.05, 4.69) is 51.6 Å². The number of aryl methyl sites for hydroxylation is 1. The fourth-order valence-electron chi connectivity index (χ4n) is 3.35. The van der Waals surface area contributed by atoms with E-state index in [-0.39, 0.29) is 5.91 Å². The van der Waals surface area contributed by atoms with Crippen molar-refractivity contribution < 1.29 is 4.79 Å². The Hall–Kier alpha value is -2.67. The Morgan fingerprint density at radius 2 is 2.10 bits per heavy atom. The van der Waals surface area contributed by atoms with Gasteiger partial charge in [0.15, 0.2) is 5.96 Å². The van der Waals surface area contributed by atoms with Gasteiger partial charge >= 0.3 is 0 Å². The van der Waals surface area contributed by atoms with Gasteiger partial charge in [-0.2, -0.15) is 0 Å². The van der Waals surface area contributed by atoms with Gasteiger partial charge in [0.25, 0.3) is 0 Å². The highest BCUT2D eigenvalue weighted by atomic mass is 35.5. The lowest BCUT2D eigenvalue weighted by Gasteiger charge is -2.28. The summed E-state index contributed by atoms with van der Waals surface area (Å²) in [6.45, 7) is 6.10. The number of rotatable bonds is 6. The number of nitrogens with zero attached hydrogens (tertiary/aromatic N) is 4. The third-order valence-corrected chi connectivity index (χ3v) is 5.13. The summed E-state index contributed by atoms with van der Waals surface area (Å²) in [7, 11) is 4.01. The van der Waals surface area contributed by atoms with Crippen LogP contribution in [0.25, 0.3) is 0 Å². The summed E-state index contributed by atoms with van der Waals surface area (Å²) in [5, 5.41) is 6.94. The number of guanidine groups is 1. The highest BCUT2D eigenvalue weighted by molar-refractivity contribution is 6.30. The summed E-state index contributed by atoms with van der Waals surface area (Å²) in [5.41, 5.74) is 3.32. The van der Waals surface area contributed by atoms with E-state index in [0.717, 1.165) is 41.0 Å². The molecular formula is C21H29ClN6O. The number of aliphatic imine (C=N–C) groups is 1. The van der Waals surface area contributed by atoms with Gasteiger partial charge in [0, 0.05) is 51.3 Å². The number of carbonyl (C=O) groups excluding carboxylic acids is 1. The first-order valence-corrected chi connectivity index (χ1v) is 10.2. The summed E-state index contributed by atoms with van der Waals surface area (Å²) in [4.78, 5) is 20.5. The highest BCUT2D eigenvalue weighted by Gasteiger charge is 2.16. The van der Waals surface area contributed by atoms with Gasteiger partial charge in [0.2, 0.25) is 5.91 Å². The molecule has 156 valence electrons. The normalized spacial score (nSPS) is 14.7. The van der Waals surface area contributed by atoms with Crippen LogP contribution in [0.4, 0.5) is 5.69 Å². The van der Waals surface area contributed by atoms with Crippen molar-refractivity contribution in [3.05, 3.63) is 52.8 Å². The molecule has 0 aliphatic carbocycles. The van der Waals surface area contributed by atoms with Gasteiger partial charge in [-0.3, -0.25) is 4.79 Å². The maximum absolute atomic E-state index is 11.6. The third-order valence-electron chi connectivity index (χ3n) is 4.92. The van der Waals surface area contributed by atoms with Gasteiger partial charge in [-0.15, -0.1) is 0 Å². The lowest BCUT2D eigenvalue weighted by atomic mass is 10.2. The van der Waals surface area contributed by atoms with Crippen LogP contribution in [0.2, 0.25) is 5.02 Å². The lowest BCUT2D eigenvalue weighted by Crippen LogP contribution is -2.47. The van der Waals surface area contributed by atoms with Crippen LogP contribution < -0.4 is 15.5 Å². The SMILES string of the molecule is CCNC(=NCc1ccc(N2CCNC(=O)C2)cc1)N(C)Cc1cc(Cl)cn1C. The highest BCUT2D eigenvalue weighted by Crippen LogP contribution is 2.17. The number of hydrogen-bond donors (Lipinski definition) is 2. The zero-order valence-electron chi connectivity index (χ0n) is 17.3. The number of benzene rings is 1. The van der Waals surface area contributed by atoms with Crippen molar-refractivity contribution >= 4 is 29.2 Å². The fourth-order valence-corrected chi connectivity index (χ4v) is 3.62. The fraction of sp³-hybridized carbons (Fsp3) is 0.429. The molecule has 1 aromatic heterocycles. The van der Waals surface area contributed by atoms with Crippen LogP contribution in [0, 0.1) is 0 Å². The summed E-state index contributed by atoms with van der Waals surface area (Å²) < 4.78 is 2.03. The Morgan fingerprint density at radius 1 is 1.34 bits per heavy atom. The van der Waals surface area contributed by atoms with E-state index in [1.54, 1.807) is 0 Å². The van der Waals surface area contributed by atoms with Crippen molar-refractivity contribution in [2.24, 2.45) is 12.0 Å². The maximum Gasteiger partial charge on any atom is 0.239 e. The zero-order chi connectivity index (χ0) is 20.8. The van der Waals surface area contributed by atoms with Crippen molar-refractivity contribution in [1.82, 2.24) is 20.1 Å². The average molecular weight is 417 g/mol. The number of piperazine rings is 1. The molecule has 0 unspecified atom stereocenters. The van der Waals surface area contributed by atoms with Gasteiger partial charge in [0.1, 0.15) is 0 Å². The molecule has 0 saturated carbocycles. The smallest absolute Gasteiger partial charge is 0.239 e. The number of aromatic nitrogens is 1. The topological polar surface area (TPSA) is 64.9 Å². The standard InChI is InChI=1S/C21H29ClN6O/c1-4-23-21(27(3)14-19-11-17(22)13-26(19)2)25-12-16-5-7-18(8-6-16)28-10-9-24-20(29)15-28/h5-8,11,13H,4,9-10,12,14-15H2,1-3H3,(H,23,25)(H,24,29). The van der Waals surface area contributed by atoms with Crippen LogP contribution >= 0.6 is 11.6 Å². The van der Waals surface area contributed by atoms with Crippen molar-refractivity contribution in [2.45, 2.75) is 20.0 Å². The molecule has 1 aromatic carbocycles. The molecule has 7 nitrogen and oxygen atoms in total. The molecule has 0 atom stereocenters. The van der Waals surface area contributed by atoms with Crippen LogP contribution in [0.1, 0.15) is 18.2 Å². The van der Waals surface area contributed by atoms with Crippen LogP contribution in [-0.4, -0.2) is 54.6 Å². The second kappa shape index (κ2) is 9.69. The predicted molar refractivity (Wildman–Crippen MR) is 118 cm³/mol. The average Bonchev–Trinajstić information content (AvgIpc) is 3.02. The molecule has 8 heteroatoms. The Kier molecular flexibility index (Phi) is 7.04. The number of carbonyl (C=O) groups is 1. The van der Waals surface area contributed by atoms with Gasteiger partial charge < -0.3 is 25.0 Å². The largest absolute Gasteiger partial charge is 0.360 e. The van der Waals surface area contributed by atoms with E-state index < -0.39 is 0 Å². The van der Waals surface area contributed by atoms with Gasteiger partial charge in [0.05, 0.1) is 24.7 Å². The molecule has 0 spiro atoms. The molecular weight excluding hydrogens is 388 g/mol. The van der Waals surface area contributed by atoms with Gasteiger partial charge in [-0.25, -0.2) is 4.99 Å². The lowest BCUT2D eigenvalue weighted by molar-refractivity contribution is -0.120. The number of hydrogen-bond acceptors (Lipinski definition) is 3. The predicted octanol–water partition coefficient (Wildman–Crippen LogP) is 2.21. The van der Waals surface area contributed by atoms with Crippen LogP contribution in [0.3, 0.4) is 0 Å². The maximum atomic E-state index is 11.6. The Balaban J connectivity index is 1.64.